The summed E-state index contributed by atoms with van der Waals surface area (Å²) in [5.74, 6) is 0. The summed E-state index contributed by atoms with van der Waals surface area (Å²) in [6, 6.07) is 11.4. The van der Waals surface area contributed by atoms with Gasteiger partial charge in [0.15, 0.2) is 5.65 Å². The number of aromatic nitrogens is 2. The summed E-state index contributed by atoms with van der Waals surface area (Å²) >= 11 is 0. The molecule has 0 saturated carbocycles. The molecule has 3 aromatic rings. The minimum absolute atomic E-state index is 0.176. The molecule has 0 saturated heterocycles. The summed E-state index contributed by atoms with van der Waals surface area (Å²) in [4.78, 5) is 16.2. The molecule has 0 atom stereocenters. The van der Waals surface area contributed by atoms with Crippen molar-refractivity contribution in [3.8, 4) is 0 Å². The first-order valence-electron chi connectivity index (χ1n) is 7.94. The summed E-state index contributed by atoms with van der Waals surface area (Å²) in [6.45, 7) is 5.30. The third-order valence-corrected chi connectivity index (χ3v) is 5.12. The van der Waals surface area contributed by atoms with Gasteiger partial charge in [-0.25, -0.2) is 22.2 Å². The lowest BCUT2D eigenvalue weighted by Crippen LogP contribution is -2.27. The van der Waals surface area contributed by atoms with Crippen LogP contribution in [0.15, 0.2) is 59.8 Å². The lowest BCUT2D eigenvalue weighted by Gasteiger charge is -2.19. The van der Waals surface area contributed by atoms with E-state index in [0.29, 0.717) is 11.1 Å². The normalized spacial score (nSPS) is 12.1. The number of hydrogen-bond donors (Lipinski definition) is 1. The molecule has 0 bridgehead atoms. The fourth-order valence-electron chi connectivity index (χ4n) is 2.39. The predicted octanol–water partition coefficient (Wildman–Crippen LogP) is 3.62. The molecule has 0 radical (unpaired) electrons. The molecule has 26 heavy (non-hydrogen) atoms. The second kappa shape index (κ2) is 6.45. The SMILES string of the molecule is CC(C)(C)OC(=O)Nc1cnc2c(ccn2S(=O)(=O)c2ccccc2)c1. The predicted molar refractivity (Wildman–Crippen MR) is 98.6 cm³/mol. The number of hydrogen-bond acceptors (Lipinski definition) is 5. The highest BCUT2D eigenvalue weighted by molar-refractivity contribution is 7.90. The second-order valence-electron chi connectivity index (χ2n) is 6.69. The van der Waals surface area contributed by atoms with Crippen molar-refractivity contribution in [1.29, 1.82) is 0 Å². The van der Waals surface area contributed by atoms with Crippen LogP contribution in [0.2, 0.25) is 0 Å². The van der Waals surface area contributed by atoms with Crippen molar-refractivity contribution in [2.75, 3.05) is 5.32 Å². The number of nitrogens with one attached hydrogen (secondary N) is 1. The fourth-order valence-corrected chi connectivity index (χ4v) is 3.72. The number of carbonyl (C=O) groups excluding carboxylic acids is 1. The van der Waals surface area contributed by atoms with Crippen LogP contribution in [-0.4, -0.2) is 29.1 Å². The molecule has 7 nitrogen and oxygen atoms in total. The van der Waals surface area contributed by atoms with Gasteiger partial charge in [-0.3, -0.25) is 5.32 Å². The molecule has 3 rings (SSSR count). The molecule has 1 aromatic carbocycles. The molecule has 1 N–H and O–H groups in total. The number of rotatable bonds is 3. The van der Waals surface area contributed by atoms with Crippen molar-refractivity contribution in [1.82, 2.24) is 8.96 Å². The zero-order chi connectivity index (χ0) is 18.9. The van der Waals surface area contributed by atoms with Crippen molar-refractivity contribution < 1.29 is 17.9 Å². The number of amides is 1. The highest BCUT2D eigenvalue weighted by atomic mass is 32.2. The third kappa shape index (κ3) is 3.70. The molecule has 2 heterocycles. The van der Waals surface area contributed by atoms with Gasteiger partial charge in [0.2, 0.25) is 0 Å². The first kappa shape index (κ1) is 17.9. The highest BCUT2D eigenvalue weighted by Gasteiger charge is 2.20. The first-order chi connectivity index (χ1) is 12.2. The number of benzene rings is 1. The van der Waals surface area contributed by atoms with E-state index in [9.17, 15) is 13.2 Å². The lowest BCUT2D eigenvalue weighted by molar-refractivity contribution is 0.0636. The summed E-state index contributed by atoms with van der Waals surface area (Å²) in [6.07, 6.45) is 2.23. The van der Waals surface area contributed by atoms with Gasteiger partial charge in [0.25, 0.3) is 10.0 Å². The van der Waals surface area contributed by atoms with E-state index in [4.69, 9.17) is 4.74 Å². The summed E-state index contributed by atoms with van der Waals surface area (Å²) in [7, 11) is -3.74. The van der Waals surface area contributed by atoms with E-state index in [0.717, 1.165) is 3.97 Å². The quantitative estimate of drug-likeness (QED) is 0.757. The zero-order valence-electron chi connectivity index (χ0n) is 14.6. The van der Waals surface area contributed by atoms with E-state index in [1.54, 1.807) is 51.1 Å². The number of ether oxygens (including phenoxy) is 1. The summed E-state index contributed by atoms with van der Waals surface area (Å²) in [5.41, 5.74) is 0.0829. The Kier molecular flexibility index (Phi) is 4.45. The summed E-state index contributed by atoms with van der Waals surface area (Å²) < 4.78 is 31.8. The highest BCUT2D eigenvalue weighted by Crippen LogP contribution is 2.23. The monoisotopic (exact) mass is 373 g/mol. The minimum Gasteiger partial charge on any atom is -0.444 e. The van der Waals surface area contributed by atoms with Crippen LogP contribution in [0.25, 0.3) is 11.0 Å². The Hall–Kier alpha value is -2.87. The van der Waals surface area contributed by atoms with Gasteiger partial charge >= 0.3 is 6.09 Å². The van der Waals surface area contributed by atoms with E-state index in [-0.39, 0.29) is 10.5 Å². The topological polar surface area (TPSA) is 90.3 Å². The molecule has 1 amide bonds. The maximum atomic E-state index is 12.8. The molecule has 0 aliphatic heterocycles. The maximum absolute atomic E-state index is 12.8. The fraction of sp³-hybridized carbons (Fsp3) is 0.222. The Morgan fingerprint density at radius 1 is 1.15 bits per heavy atom. The smallest absolute Gasteiger partial charge is 0.412 e. The van der Waals surface area contributed by atoms with E-state index in [1.807, 2.05) is 0 Å². The van der Waals surface area contributed by atoms with Crippen molar-refractivity contribution in [2.24, 2.45) is 0 Å². The lowest BCUT2D eigenvalue weighted by atomic mass is 10.2. The van der Waals surface area contributed by atoms with Crippen LogP contribution in [0.4, 0.5) is 10.5 Å². The number of fused-ring (bicyclic) bond motifs is 1. The Labute approximate surface area is 151 Å². The van der Waals surface area contributed by atoms with Crippen LogP contribution < -0.4 is 5.32 Å². The zero-order valence-corrected chi connectivity index (χ0v) is 15.4. The van der Waals surface area contributed by atoms with Crippen LogP contribution in [0.5, 0.6) is 0 Å². The number of nitrogens with zero attached hydrogens (tertiary/aromatic N) is 2. The molecule has 0 fully saturated rings. The van der Waals surface area contributed by atoms with Crippen LogP contribution >= 0.6 is 0 Å². The van der Waals surface area contributed by atoms with Crippen LogP contribution in [0.1, 0.15) is 20.8 Å². The number of pyridine rings is 1. The summed E-state index contributed by atoms with van der Waals surface area (Å²) in [5, 5.41) is 3.17. The standard InChI is InChI=1S/C18H19N3O4S/c1-18(2,3)25-17(22)20-14-11-13-9-10-21(16(13)19-12-14)26(23,24)15-7-5-4-6-8-15/h4-12H,1-3H3,(H,20,22). The average molecular weight is 373 g/mol. The van der Waals surface area contributed by atoms with E-state index in [2.05, 4.69) is 10.3 Å². The van der Waals surface area contributed by atoms with Crippen molar-refractivity contribution >= 4 is 32.8 Å². The Morgan fingerprint density at radius 3 is 2.50 bits per heavy atom. The molecule has 0 unspecified atom stereocenters. The van der Waals surface area contributed by atoms with Crippen molar-refractivity contribution in [2.45, 2.75) is 31.3 Å². The van der Waals surface area contributed by atoms with Crippen LogP contribution in [-0.2, 0) is 14.8 Å². The molecule has 0 aliphatic carbocycles. The molecule has 0 aliphatic rings. The van der Waals surface area contributed by atoms with Gasteiger partial charge in [-0.05, 0) is 45.0 Å². The Bertz CT molecular complexity index is 1050. The van der Waals surface area contributed by atoms with Crippen LogP contribution in [0.3, 0.4) is 0 Å². The second-order valence-corrected chi connectivity index (χ2v) is 8.51. The number of carbonyl (C=O) groups is 1. The van der Waals surface area contributed by atoms with E-state index < -0.39 is 21.7 Å². The third-order valence-electron chi connectivity index (χ3n) is 3.44. The minimum atomic E-state index is -3.74. The Morgan fingerprint density at radius 2 is 1.85 bits per heavy atom. The van der Waals surface area contributed by atoms with Crippen LogP contribution in [0, 0.1) is 0 Å². The molecule has 8 heteroatoms. The molecule has 2 aromatic heterocycles. The molecular weight excluding hydrogens is 354 g/mol. The van der Waals surface area contributed by atoms with E-state index in [1.165, 1.54) is 24.5 Å². The maximum Gasteiger partial charge on any atom is 0.412 e. The number of anilines is 1. The largest absolute Gasteiger partial charge is 0.444 e. The van der Waals surface area contributed by atoms with Crippen molar-refractivity contribution in [3.05, 3.63) is 54.9 Å². The van der Waals surface area contributed by atoms with Gasteiger partial charge in [0, 0.05) is 11.6 Å². The first-order valence-corrected chi connectivity index (χ1v) is 9.38. The van der Waals surface area contributed by atoms with Gasteiger partial charge in [-0.2, -0.15) is 0 Å². The van der Waals surface area contributed by atoms with E-state index >= 15 is 0 Å². The van der Waals surface area contributed by atoms with Gasteiger partial charge in [0.05, 0.1) is 16.8 Å². The van der Waals surface area contributed by atoms with Gasteiger partial charge in [0.1, 0.15) is 5.60 Å². The molecule has 136 valence electrons. The van der Waals surface area contributed by atoms with Gasteiger partial charge in [-0.15, -0.1) is 0 Å². The van der Waals surface area contributed by atoms with Crippen molar-refractivity contribution in [3.63, 3.8) is 0 Å². The van der Waals surface area contributed by atoms with Gasteiger partial charge < -0.3 is 4.74 Å². The molecule has 0 spiro atoms. The Balaban J connectivity index is 1.92. The van der Waals surface area contributed by atoms with Gasteiger partial charge in [-0.1, -0.05) is 18.2 Å². The average Bonchev–Trinajstić information content (AvgIpc) is 2.97. The molecular formula is C18H19N3O4S.